The Kier molecular flexibility index (Phi) is 5.51. The van der Waals surface area contributed by atoms with Crippen LogP contribution < -0.4 is 15.6 Å². The first-order valence-corrected chi connectivity index (χ1v) is 9.17. The lowest BCUT2D eigenvalue weighted by atomic mass is 10.1. The number of aryl methyl sites for hydroxylation is 1. The summed E-state index contributed by atoms with van der Waals surface area (Å²) in [5.41, 5.74) is 7.31. The van der Waals surface area contributed by atoms with E-state index in [1.165, 1.54) is 0 Å². The van der Waals surface area contributed by atoms with Gasteiger partial charge in [-0.05, 0) is 66.0 Å². The molecular formula is C20H19BrN2O4. The van der Waals surface area contributed by atoms with E-state index < -0.39 is 17.9 Å². The number of rotatable bonds is 4. The zero-order chi connectivity index (χ0) is 19.6. The Labute approximate surface area is 165 Å². The maximum Gasteiger partial charge on any atom is 0.305 e. The normalized spacial score (nSPS) is 11.9. The molecule has 0 bridgehead atoms. The first-order chi connectivity index (χ1) is 12.9. The molecule has 1 atom stereocenters. The summed E-state index contributed by atoms with van der Waals surface area (Å²) < 4.78 is 12.0. The smallest absolute Gasteiger partial charge is 0.305 e. The van der Waals surface area contributed by atoms with Gasteiger partial charge in [0.05, 0.1) is 4.47 Å². The molecule has 2 aromatic carbocycles. The maximum absolute atomic E-state index is 12.2. The van der Waals surface area contributed by atoms with Crippen LogP contribution in [0.25, 0.3) is 11.0 Å². The average molecular weight is 431 g/mol. The molecule has 0 aliphatic carbocycles. The summed E-state index contributed by atoms with van der Waals surface area (Å²) in [5.74, 6) is -0.293. The summed E-state index contributed by atoms with van der Waals surface area (Å²) in [7, 11) is 0. The molecule has 0 aliphatic heterocycles. The topological polar surface area (TPSA) is 80.6 Å². The van der Waals surface area contributed by atoms with Gasteiger partial charge in [-0.2, -0.15) is 0 Å². The van der Waals surface area contributed by atoms with Gasteiger partial charge < -0.3 is 9.15 Å². The molecule has 0 saturated heterocycles. The first kappa shape index (κ1) is 19.0. The Balaban J connectivity index is 1.61. The molecule has 140 valence electrons. The average Bonchev–Trinajstić information content (AvgIpc) is 3.09. The number of benzene rings is 2. The third kappa shape index (κ3) is 4.14. The van der Waals surface area contributed by atoms with E-state index in [1.807, 2.05) is 44.2 Å². The molecule has 0 spiro atoms. The Morgan fingerprint density at radius 2 is 1.85 bits per heavy atom. The van der Waals surface area contributed by atoms with Crippen LogP contribution in [0.1, 0.15) is 28.6 Å². The molecule has 27 heavy (non-hydrogen) atoms. The van der Waals surface area contributed by atoms with Gasteiger partial charge in [0.1, 0.15) is 11.3 Å². The van der Waals surface area contributed by atoms with Gasteiger partial charge in [-0.15, -0.1) is 0 Å². The van der Waals surface area contributed by atoms with Gasteiger partial charge >= 0.3 is 5.91 Å². The summed E-state index contributed by atoms with van der Waals surface area (Å²) in [6.45, 7) is 5.51. The number of halogens is 1. The van der Waals surface area contributed by atoms with Gasteiger partial charge in [0.2, 0.25) is 0 Å². The van der Waals surface area contributed by atoms with E-state index in [4.69, 9.17) is 9.15 Å². The highest BCUT2D eigenvalue weighted by atomic mass is 79.9. The number of amides is 2. The van der Waals surface area contributed by atoms with Crippen molar-refractivity contribution in [1.82, 2.24) is 10.9 Å². The van der Waals surface area contributed by atoms with Crippen LogP contribution in [0.5, 0.6) is 5.75 Å². The third-order valence-electron chi connectivity index (χ3n) is 4.25. The highest BCUT2D eigenvalue weighted by Gasteiger charge is 2.19. The molecule has 0 fully saturated rings. The number of furan rings is 1. The van der Waals surface area contributed by atoms with Gasteiger partial charge in [0, 0.05) is 5.39 Å². The van der Waals surface area contributed by atoms with Crippen molar-refractivity contribution in [3.05, 3.63) is 63.8 Å². The minimum Gasteiger partial charge on any atom is -0.481 e. The Morgan fingerprint density at radius 3 is 2.59 bits per heavy atom. The molecule has 1 heterocycles. The summed E-state index contributed by atoms with van der Waals surface area (Å²) in [6, 6.07) is 12.7. The molecule has 0 radical (unpaired) electrons. The zero-order valence-corrected chi connectivity index (χ0v) is 16.7. The van der Waals surface area contributed by atoms with E-state index in [0.717, 1.165) is 21.0 Å². The minimum absolute atomic E-state index is 0.0975. The Bertz CT molecular complexity index is 1010. The molecule has 0 aliphatic rings. The largest absolute Gasteiger partial charge is 0.481 e. The number of hydrogen-bond acceptors (Lipinski definition) is 4. The second-order valence-corrected chi connectivity index (χ2v) is 7.02. The molecular weight excluding hydrogens is 412 g/mol. The number of fused-ring (bicyclic) bond motifs is 1. The van der Waals surface area contributed by atoms with Crippen LogP contribution in [0.4, 0.5) is 0 Å². The van der Waals surface area contributed by atoms with Crippen LogP contribution in [-0.2, 0) is 4.79 Å². The van der Waals surface area contributed by atoms with Gasteiger partial charge in [-0.25, -0.2) is 0 Å². The predicted molar refractivity (Wildman–Crippen MR) is 106 cm³/mol. The third-order valence-corrected chi connectivity index (χ3v) is 4.87. The summed E-state index contributed by atoms with van der Waals surface area (Å²) >= 11 is 3.37. The SMILES string of the molecule is Cc1cccc(OC(C)C(=O)NNC(=O)c2cc3cccc(Br)c3o2)c1C. The highest BCUT2D eigenvalue weighted by Crippen LogP contribution is 2.26. The van der Waals surface area contributed by atoms with Gasteiger partial charge in [-0.1, -0.05) is 24.3 Å². The van der Waals surface area contributed by atoms with Crippen molar-refractivity contribution >= 4 is 38.7 Å². The number of carbonyl (C=O) groups excluding carboxylic acids is 2. The van der Waals surface area contributed by atoms with E-state index in [0.29, 0.717) is 11.3 Å². The van der Waals surface area contributed by atoms with Crippen molar-refractivity contribution in [3.63, 3.8) is 0 Å². The second-order valence-electron chi connectivity index (χ2n) is 6.17. The van der Waals surface area contributed by atoms with E-state index in [2.05, 4.69) is 26.8 Å². The van der Waals surface area contributed by atoms with Gasteiger partial charge in [0.15, 0.2) is 11.9 Å². The highest BCUT2D eigenvalue weighted by molar-refractivity contribution is 9.10. The fraction of sp³-hybridized carbons (Fsp3) is 0.200. The fourth-order valence-electron chi connectivity index (χ4n) is 2.52. The van der Waals surface area contributed by atoms with Crippen LogP contribution in [0.15, 0.2) is 51.4 Å². The zero-order valence-electron chi connectivity index (χ0n) is 15.1. The van der Waals surface area contributed by atoms with Crippen LogP contribution in [0, 0.1) is 13.8 Å². The van der Waals surface area contributed by atoms with Crippen molar-refractivity contribution in [2.45, 2.75) is 26.9 Å². The molecule has 0 saturated carbocycles. The quantitative estimate of drug-likeness (QED) is 0.611. The van der Waals surface area contributed by atoms with E-state index in [-0.39, 0.29) is 5.76 Å². The van der Waals surface area contributed by atoms with Crippen molar-refractivity contribution in [2.24, 2.45) is 0 Å². The van der Waals surface area contributed by atoms with Crippen LogP contribution in [-0.4, -0.2) is 17.9 Å². The maximum atomic E-state index is 12.2. The van der Waals surface area contributed by atoms with Crippen LogP contribution in [0.2, 0.25) is 0 Å². The van der Waals surface area contributed by atoms with E-state index in [9.17, 15) is 9.59 Å². The number of hydrogen-bond donors (Lipinski definition) is 2. The minimum atomic E-state index is -0.782. The van der Waals surface area contributed by atoms with Crippen molar-refractivity contribution < 1.29 is 18.7 Å². The molecule has 2 N–H and O–H groups in total. The molecule has 1 unspecified atom stereocenters. The lowest BCUT2D eigenvalue weighted by Gasteiger charge is -2.17. The summed E-state index contributed by atoms with van der Waals surface area (Å²) in [4.78, 5) is 24.5. The fourth-order valence-corrected chi connectivity index (χ4v) is 2.98. The Morgan fingerprint density at radius 1 is 1.11 bits per heavy atom. The summed E-state index contributed by atoms with van der Waals surface area (Å²) in [5, 5.41) is 0.785. The van der Waals surface area contributed by atoms with Crippen LogP contribution in [0.3, 0.4) is 0 Å². The second kappa shape index (κ2) is 7.84. The lowest BCUT2D eigenvalue weighted by molar-refractivity contribution is -0.128. The number of para-hydroxylation sites is 1. The number of nitrogens with one attached hydrogen (secondary N) is 2. The summed E-state index contributed by atoms with van der Waals surface area (Å²) in [6.07, 6.45) is -0.782. The van der Waals surface area contributed by atoms with Gasteiger partial charge in [0.25, 0.3) is 5.91 Å². The lowest BCUT2D eigenvalue weighted by Crippen LogP contribution is -2.47. The Hall–Kier alpha value is -2.80. The predicted octanol–water partition coefficient (Wildman–Crippen LogP) is 4.04. The first-order valence-electron chi connectivity index (χ1n) is 8.38. The van der Waals surface area contributed by atoms with Crippen molar-refractivity contribution in [3.8, 4) is 5.75 Å². The van der Waals surface area contributed by atoms with Crippen molar-refractivity contribution in [2.75, 3.05) is 0 Å². The molecule has 3 aromatic rings. The molecule has 1 aromatic heterocycles. The molecule has 3 rings (SSSR count). The molecule has 6 nitrogen and oxygen atoms in total. The van der Waals surface area contributed by atoms with E-state index in [1.54, 1.807) is 19.1 Å². The van der Waals surface area contributed by atoms with Crippen LogP contribution >= 0.6 is 15.9 Å². The molecule has 2 amide bonds. The number of ether oxygens (including phenoxy) is 1. The molecule has 7 heteroatoms. The number of hydrazine groups is 1. The number of carbonyl (C=O) groups is 2. The standard InChI is InChI=1S/C20H19BrN2O4/c1-11-6-4-9-16(12(11)2)26-13(3)19(24)22-23-20(25)17-10-14-7-5-8-15(21)18(14)27-17/h4-10,13H,1-3H3,(H,22,24)(H,23,25). The van der Waals surface area contributed by atoms with E-state index >= 15 is 0 Å². The van der Waals surface area contributed by atoms with Gasteiger partial charge in [-0.3, -0.25) is 20.4 Å². The monoisotopic (exact) mass is 430 g/mol. The van der Waals surface area contributed by atoms with Crippen molar-refractivity contribution in [1.29, 1.82) is 0 Å².